The number of halogens is 1. The SMILES string of the molecule is CN(CC(=O)Nc1ccc(N2CCOCC2)cc1)c1ncnc2ccc(F)cc12. The number of ether oxygens (including phenoxy) is 1. The van der Waals surface area contributed by atoms with Crippen molar-refractivity contribution < 1.29 is 13.9 Å². The number of anilines is 3. The lowest BCUT2D eigenvalue weighted by molar-refractivity contribution is -0.114. The van der Waals surface area contributed by atoms with E-state index in [4.69, 9.17) is 4.74 Å². The van der Waals surface area contributed by atoms with Crippen LogP contribution in [0.4, 0.5) is 21.6 Å². The van der Waals surface area contributed by atoms with Crippen LogP contribution in [-0.4, -0.2) is 55.8 Å². The van der Waals surface area contributed by atoms with Crippen LogP contribution in [0.5, 0.6) is 0 Å². The Hall–Kier alpha value is -3.26. The molecular weight excluding hydrogens is 373 g/mol. The Morgan fingerprint density at radius 3 is 2.69 bits per heavy atom. The number of nitrogens with one attached hydrogen (secondary N) is 1. The maximum atomic E-state index is 13.6. The van der Waals surface area contributed by atoms with Crippen molar-refractivity contribution in [3.63, 3.8) is 0 Å². The minimum atomic E-state index is -0.369. The summed E-state index contributed by atoms with van der Waals surface area (Å²) in [4.78, 5) is 24.8. The van der Waals surface area contributed by atoms with Crippen LogP contribution >= 0.6 is 0 Å². The summed E-state index contributed by atoms with van der Waals surface area (Å²) in [7, 11) is 1.74. The number of fused-ring (bicyclic) bond motifs is 1. The third-order valence-corrected chi connectivity index (χ3v) is 4.85. The van der Waals surface area contributed by atoms with Gasteiger partial charge in [0.2, 0.25) is 5.91 Å². The lowest BCUT2D eigenvalue weighted by Gasteiger charge is -2.29. The zero-order valence-electron chi connectivity index (χ0n) is 16.1. The first-order valence-electron chi connectivity index (χ1n) is 9.44. The van der Waals surface area contributed by atoms with Crippen LogP contribution in [0, 0.1) is 5.82 Å². The molecule has 8 heteroatoms. The summed E-state index contributed by atoms with van der Waals surface area (Å²) in [5.74, 6) is -0.0473. The Labute approximate surface area is 168 Å². The zero-order chi connectivity index (χ0) is 20.2. The number of carbonyl (C=O) groups excluding carboxylic acids is 1. The Morgan fingerprint density at radius 2 is 1.93 bits per heavy atom. The second-order valence-corrected chi connectivity index (χ2v) is 6.91. The molecular formula is C21H22FN5O2. The molecule has 1 amide bonds. The van der Waals surface area contributed by atoms with Gasteiger partial charge in [0.05, 0.1) is 25.3 Å². The van der Waals surface area contributed by atoms with Crippen LogP contribution in [0.1, 0.15) is 0 Å². The van der Waals surface area contributed by atoms with Crippen LogP contribution in [0.15, 0.2) is 48.8 Å². The highest BCUT2D eigenvalue weighted by molar-refractivity contribution is 5.96. The van der Waals surface area contributed by atoms with E-state index in [1.54, 1.807) is 18.0 Å². The quantitative estimate of drug-likeness (QED) is 0.716. The fraction of sp³-hybridized carbons (Fsp3) is 0.286. The van der Waals surface area contributed by atoms with Gasteiger partial charge in [-0.2, -0.15) is 0 Å². The molecule has 2 heterocycles. The van der Waals surface area contributed by atoms with Gasteiger partial charge < -0.3 is 19.9 Å². The Balaban J connectivity index is 1.41. The zero-order valence-corrected chi connectivity index (χ0v) is 16.1. The van der Waals surface area contributed by atoms with E-state index in [-0.39, 0.29) is 18.3 Å². The van der Waals surface area contributed by atoms with Crippen LogP contribution in [0.2, 0.25) is 0 Å². The second-order valence-electron chi connectivity index (χ2n) is 6.91. The first kappa shape index (κ1) is 19.1. The van der Waals surface area contributed by atoms with Gasteiger partial charge in [0.1, 0.15) is 18.0 Å². The van der Waals surface area contributed by atoms with Crippen molar-refractivity contribution in [3.05, 3.63) is 54.6 Å². The molecule has 7 nitrogen and oxygen atoms in total. The number of benzene rings is 2. The van der Waals surface area contributed by atoms with E-state index in [0.29, 0.717) is 16.7 Å². The summed E-state index contributed by atoms with van der Waals surface area (Å²) in [6.07, 6.45) is 1.41. The molecule has 0 aliphatic carbocycles. The largest absolute Gasteiger partial charge is 0.378 e. The van der Waals surface area contributed by atoms with Crippen molar-refractivity contribution in [1.82, 2.24) is 9.97 Å². The number of nitrogens with zero attached hydrogens (tertiary/aromatic N) is 4. The minimum Gasteiger partial charge on any atom is -0.378 e. The molecule has 1 aliphatic rings. The van der Waals surface area contributed by atoms with Crippen molar-refractivity contribution in [1.29, 1.82) is 0 Å². The van der Waals surface area contributed by atoms with E-state index in [9.17, 15) is 9.18 Å². The highest BCUT2D eigenvalue weighted by atomic mass is 19.1. The van der Waals surface area contributed by atoms with Gasteiger partial charge in [-0.05, 0) is 42.5 Å². The predicted octanol–water partition coefficient (Wildman–Crippen LogP) is 2.68. The molecule has 1 aliphatic heterocycles. The molecule has 1 fully saturated rings. The summed E-state index contributed by atoms with van der Waals surface area (Å²) in [6.45, 7) is 3.26. The van der Waals surface area contributed by atoms with E-state index in [1.807, 2.05) is 24.3 Å². The number of morpholine rings is 1. The van der Waals surface area contributed by atoms with E-state index in [0.717, 1.165) is 37.7 Å². The Morgan fingerprint density at radius 1 is 1.17 bits per heavy atom. The second kappa shape index (κ2) is 8.40. The van der Waals surface area contributed by atoms with Gasteiger partial charge in [0.25, 0.3) is 0 Å². The summed E-state index contributed by atoms with van der Waals surface area (Å²) >= 11 is 0. The molecule has 0 spiro atoms. The van der Waals surface area contributed by atoms with Gasteiger partial charge in [-0.1, -0.05) is 0 Å². The van der Waals surface area contributed by atoms with E-state index < -0.39 is 0 Å². The van der Waals surface area contributed by atoms with Gasteiger partial charge in [-0.3, -0.25) is 4.79 Å². The first-order valence-corrected chi connectivity index (χ1v) is 9.44. The average Bonchev–Trinajstić information content (AvgIpc) is 2.74. The maximum Gasteiger partial charge on any atom is 0.243 e. The summed E-state index contributed by atoms with van der Waals surface area (Å²) in [5.41, 5.74) is 2.46. The number of amides is 1. The Bertz CT molecular complexity index is 1010. The molecule has 0 atom stereocenters. The number of likely N-dealkylation sites (N-methyl/N-ethyl adjacent to an activating group) is 1. The lowest BCUT2D eigenvalue weighted by Crippen LogP contribution is -2.36. The molecule has 2 aromatic carbocycles. The summed E-state index contributed by atoms with van der Waals surface area (Å²) in [5, 5.41) is 3.46. The number of hydrogen-bond donors (Lipinski definition) is 1. The van der Waals surface area contributed by atoms with Gasteiger partial charge >= 0.3 is 0 Å². The van der Waals surface area contributed by atoms with Crippen molar-refractivity contribution in [2.45, 2.75) is 0 Å². The van der Waals surface area contributed by atoms with Gasteiger partial charge in [-0.25, -0.2) is 14.4 Å². The molecule has 29 heavy (non-hydrogen) atoms. The normalized spacial score (nSPS) is 14.1. The number of aromatic nitrogens is 2. The fourth-order valence-electron chi connectivity index (χ4n) is 3.39. The summed E-state index contributed by atoms with van der Waals surface area (Å²) < 4.78 is 19.0. The predicted molar refractivity (Wildman–Crippen MR) is 111 cm³/mol. The van der Waals surface area contributed by atoms with Crippen LogP contribution in [0.3, 0.4) is 0 Å². The van der Waals surface area contributed by atoms with E-state index in [2.05, 4.69) is 20.2 Å². The molecule has 0 radical (unpaired) electrons. The molecule has 0 bridgehead atoms. The smallest absolute Gasteiger partial charge is 0.243 e. The standard InChI is InChI=1S/C21H22FN5O2/c1-26(21-18-12-15(22)2-7-19(18)23-14-24-21)13-20(28)25-16-3-5-17(6-4-16)27-8-10-29-11-9-27/h2-7,12,14H,8-11,13H2,1H3,(H,25,28). The van der Waals surface area contributed by atoms with Crippen molar-refractivity contribution >= 4 is 34.0 Å². The highest BCUT2D eigenvalue weighted by Crippen LogP contribution is 2.23. The molecule has 150 valence electrons. The molecule has 1 aromatic heterocycles. The third kappa shape index (κ3) is 4.43. The van der Waals surface area contributed by atoms with Crippen molar-refractivity contribution in [3.8, 4) is 0 Å². The van der Waals surface area contributed by atoms with Gasteiger partial charge in [-0.15, -0.1) is 0 Å². The van der Waals surface area contributed by atoms with E-state index >= 15 is 0 Å². The highest BCUT2D eigenvalue weighted by Gasteiger charge is 2.14. The number of rotatable bonds is 5. The van der Waals surface area contributed by atoms with Gasteiger partial charge in [0.15, 0.2) is 0 Å². The maximum absolute atomic E-state index is 13.6. The Kier molecular flexibility index (Phi) is 5.53. The molecule has 1 saturated heterocycles. The van der Waals surface area contributed by atoms with Crippen LogP contribution < -0.4 is 15.1 Å². The van der Waals surface area contributed by atoms with Crippen molar-refractivity contribution in [2.24, 2.45) is 0 Å². The third-order valence-electron chi connectivity index (χ3n) is 4.85. The molecule has 0 saturated carbocycles. The monoisotopic (exact) mass is 395 g/mol. The summed E-state index contributed by atoms with van der Waals surface area (Å²) in [6, 6.07) is 12.1. The molecule has 1 N–H and O–H groups in total. The first-order chi connectivity index (χ1) is 14.1. The number of hydrogen-bond acceptors (Lipinski definition) is 6. The van der Waals surface area contributed by atoms with E-state index in [1.165, 1.54) is 18.5 Å². The molecule has 4 rings (SSSR count). The van der Waals surface area contributed by atoms with Crippen molar-refractivity contribution in [2.75, 3.05) is 55.0 Å². The average molecular weight is 395 g/mol. The lowest BCUT2D eigenvalue weighted by atomic mass is 10.2. The minimum absolute atomic E-state index is 0.0772. The number of carbonyl (C=O) groups is 1. The molecule has 3 aromatic rings. The van der Waals surface area contributed by atoms with Crippen LogP contribution in [-0.2, 0) is 9.53 Å². The topological polar surface area (TPSA) is 70.6 Å². The van der Waals surface area contributed by atoms with Gasteiger partial charge in [0, 0.05) is 36.9 Å². The van der Waals surface area contributed by atoms with Crippen LogP contribution in [0.25, 0.3) is 10.9 Å². The fourth-order valence-corrected chi connectivity index (χ4v) is 3.39. The molecule has 0 unspecified atom stereocenters.